The second-order valence-electron chi connectivity index (χ2n) is 7.10. The number of ether oxygens (including phenoxy) is 1. The van der Waals surface area contributed by atoms with Gasteiger partial charge in [-0.25, -0.2) is 0 Å². The molecule has 0 saturated heterocycles. The van der Waals surface area contributed by atoms with Gasteiger partial charge in [-0.15, -0.1) is 12.4 Å². The summed E-state index contributed by atoms with van der Waals surface area (Å²) >= 11 is 0. The summed E-state index contributed by atoms with van der Waals surface area (Å²) in [5.41, 5.74) is 6.00. The summed E-state index contributed by atoms with van der Waals surface area (Å²) in [4.78, 5) is 12.6. The van der Waals surface area contributed by atoms with Gasteiger partial charge in [0.1, 0.15) is 16.9 Å². The quantitative estimate of drug-likeness (QED) is 0.823. The zero-order valence-electron chi connectivity index (χ0n) is 15.0. The van der Waals surface area contributed by atoms with Gasteiger partial charge in [0.2, 0.25) is 5.91 Å². The summed E-state index contributed by atoms with van der Waals surface area (Å²) < 4.78 is 11.4. The van der Waals surface area contributed by atoms with Crippen molar-refractivity contribution in [2.24, 2.45) is 11.1 Å². The number of nitrogens with two attached hydrogens (primary N) is 1. The second-order valence-corrected chi connectivity index (χ2v) is 7.10. The Morgan fingerprint density at radius 1 is 1.40 bits per heavy atom. The Morgan fingerprint density at radius 3 is 2.76 bits per heavy atom. The minimum Gasteiger partial charge on any atom is -0.461 e. The van der Waals surface area contributed by atoms with Crippen LogP contribution in [0.25, 0.3) is 11.0 Å². The Kier molecular flexibility index (Phi) is 5.82. The maximum Gasteiger partial charge on any atom is 0.240 e. The van der Waals surface area contributed by atoms with Gasteiger partial charge < -0.3 is 20.2 Å². The molecule has 0 bridgehead atoms. The minimum atomic E-state index is -0.874. The standard InChI is InChI=1S/C19H26N2O3.ClH/c1-4-23-16-12-19(20,18(16,2)3)17(22)21-10-9-14-11-13-7-5-6-8-15(13)24-14;/h5-8,11,16H,4,9-10,12,20H2,1-3H3,(H,21,22);1H. The van der Waals surface area contributed by atoms with Crippen LogP contribution in [-0.2, 0) is 16.0 Å². The fourth-order valence-electron chi connectivity index (χ4n) is 3.44. The zero-order chi connectivity index (χ0) is 17.4. The van der Waals surface area contributed by atoms with Crippen molar-refractivity contribution in [3.63, 3.8) is 0 Å². The summed E-state index contributed by atoms with van der Waals surface area (Å²) in [6.45, 7) is 7.09. The number of hydrogen-bond acceptors (Lipinski definition) is 4. The number of rotatable bonds is 6. The average molecular weight is 367 g/mol. The molecule has 6 heteroatoms. The van der Waals surface area contributed by atoms with Gasteiger partial charge in [0, 0.05) is 36.8 Å². The molecule has 0 spiro atoms. The third-order valence-corrected chi connectivity index (χ3v) is 5.37. The largest absolute Gasteiger partial charge is 0.461 e. The Labute approximate surface area is 154 Å². The molecular weight excluding hydrogens is 340 g/mol. The van der Waals surface area contributed by atoms with E-state index in [-0.39, 0.29) is 29.8 Å². The molecule has 2 unspecified atom stereocenters. The molecule has 1 aromatic carbocycles. The lowest BCUT2D eigenvalue weighted by molar-refractivity contribution is -0.170. The van der Waals surface area contributed by atoms with E-state index in [0.29, 0.717) is 26.0 Å². The van der Waals surface area contributed by atoms with Crippen LogP contribution in [0.3, 0.4) is 0 Å². The number of carbonyl (C=O) groups is 1. The van der Waals surface area contributed by atoms with Crippen LogP contribution in [-0.4, -0.2) is 30.7 Å². The Morgan fingerprint density at radius 2 is 2.12 bits per heavy atom. The monoisotopic (exact) mass is 366 g/mol. The van der Waals surface area contributed by atoms with Crippen molar-refractivity contribution < 1.29 is 13.9 Å². The van der Waals surface area contributed by atoms with Crippen LogP contribution in [0.1, 0.15) is 33.0 Å². The predicted octanol–water partition coefficient (Wildman–Crippen LogP) is 3.05. The number of amides is 1. The molecule has 1 aromatic heterocycles. The smallest absolute Gasteiger partial charge is 0.240 e. The highest BCUT2D eigenvalue weighted by Crippen LogP contribution is 2.49. The molecular formula is C19H27ClN2O3. The number of benzene rings is 1. The van der Waals surface area contributed by atoms with Gasteiger partial charge in [-0.2, -0.15) is 0 Å². The highest BCUT2D eigenvalue weighted by molar-refractivity contribution is 5.88. The molecule has 3 rings (SSSR count). The maximum atomic E-state index is 12.6. The van der Waals surface area contributed by atoms with Crippen LogP contribution in [0.5, 0.6) is 0 Å². The number of halogens is 1. The first-order valence-corrected chi connectivity index (χ1v) is 8.54. The first-order chi connectivity index (χ1) is 11.4. The lowest BCUT2D eigenvalue weighted by atomic mass is 9.54. The summed E-state index contributed by atoms with van der Waals surface area (Å²) in [6.07, 6.45) is 1.24. The minimum absolute atomic E-state index is 0. The third kappa shape index (κ3) is 3.41. The molecule has 1 fully saturated rings. The van der Waals surface area contributed by atoms with Gasteiger partial charge in [0.15, 0.2) is 0 Å². The molecule has 0 aliphatic heterocycles. The lowest BCUT2D eigenvalue weighted by Gasteiger charge is -2.57. The van der Waals surface area contributed by atoms with Gasteiger partial charge in [-0.3, -0.25) is 4.79 Å². The predicted molar refractivity (Wildman–Crippen MR) is 101 cm³/mol. The van der Waals surface area contributed by atoms with Gasteiger partial charge in [-0.1, -0.05) is 32.0 Å². The van der Waals surface area contributed by atoms with E-state index < -0.39 is 5.54 Å². The van der Waals surface area contributed by atoms with Crippen molar-refractivity contribution in [1.29, 1.82) is 0 Å². The van der Waals surface area contributed by atoms with Gasteiger partial charge in [0.05, 0.1) is 6.10 Å². The fraction of sp³-hybridized carbons (Fsp3) is 0.526. The van der Waals surface area contributed by atoms with E-state index in [2.05, 4.69) is 5.32 Å². The molecule has 2 atom stereocenters. The van der Waals surface area contributed by atoms with Crippen molar-refractivity contribution in [2.45, 2.75) is 45.3 Å². The third-order valence-electron chi connectivity index (χ3n) is 5.37. The Bertz CT molecular complexity index is 710. The maximum absolute atomic E-state index is 12.6. The molecule has 0 radical (unpaired) electrons. The van der Waals surface area contributed by atoms with Crippen molar-refractivity contribution in [3.8, 4) is 0 Å². The summed E-state index contributed by atoms with van der Waals surface area (Å²) in [5, 5.41) is 4.03. The fourth-order valence-corrected chi connectivity index (χ4v) is 3.44. The van der Waals surface area contributed by atoms with Crippen LogP contribution in [0.15, 0.2) is 34.7 Å². The van der Waals surface area contributed by atoms with Gasteiger partial charge in [-0.05, 0) is 19.1 Å². The average Bonchev–Trinajstić information content (AvgIpc) is 2.97. The Hall–Kier alpha value is -1.56. The van der Waals surface area contributed by atoms with Crippen molar-refractivity contribution in [1.82, 2.24) is 5.32 Å². The van der Waals surface area contributed by atoms with Gasteiger partial charge in [0.25, 0.3) is 0 Å². The van der Waals surface area contributed by atoms with E-state index in [0.717, 1.165) is 16.7 Å². The second kappa shape index (κ2) is 7.36. The van der Waals surface area contributed by atoms with Crippen LogP contribution in [0.4, 0.5) is 0 Å². The molecule has 1 aliphatic rings. The summed E-state index contributed by atoms with van der Waals surface area (Å²) in [6, 6.07) is 9.90. The molecule has 3 N–H and O–H groups in total. The van der Waals surface area contributed by atoms with Crippen LogP contribution < -0.4 is 11.1 Å². The molecule has 138 valence electrons. The van der Waals surface area contributed by atoms with Gasteiger partial charge >= 0.3 is 0 Å². The Balaban J connectivity index is 0.00000225. The first-order valence-electron chi connectivity index (χ1n) is 8.54. The van der Waals surface area contributed by atoms with E-state index in [9.17, 15) is 4.79 Å². The summed E-state index contributed by atoms with van der Waals surface area (Å²) in [5.74, 6) is 0.752. The number of furan rings is 1. The van der Waals surface area contributed by atoms with Crippen molar-refractivity contribution >= 4 is 29.3 Å². The summed E-state index contributed by atoms with van der Waals surface area (Å²) in [7, 11) is 0. The van der Waals surface area contributed by atoms with E-state index in [1.54, 1.807) is 0 Å². The molecule has 1 heterocycles. The van der Waals surface area contributed by atoms with E-state index in [4.69, 9.17) is 14.9 Å². The molecule has 5 nitrogen and oxygen atoms in total. The highest BCUT2D eigenvalue weighted by atomic mass is 35.5. The number of nitrogens with one attached hydrogen (secondary N) is 1. The SMILES string of the molecule is CCOC1CC(N)(C(=O)NCCc2cc3ccccc3o2)C1(C)C.Cl. The first kappa shape index (κ1) is 19.8. The van der Waals surface area contributed by atoms with Crippen molar-refractivity contribution in [2.75, 3.05) is 13.2 Å². The van der Waals surface area contributed by atoms with E-state index in [1.165, 1.54) is 0 Å². The lowest BCUT2D eigenvalue weighted by Crippen LogP contribution is -2.75. The van der Waals surface area contributed by atoms with E-state index >= 15 is 0 Å². The topological polar surface area (TPSA) is 77.5 Å². The molecule has 25 heavy (non-hydrogen) atoms. The van der Waals surface area contributed by atoms with Crippen LogP contribution in [0, 0.1) is 5.41 Å². The molecule has 1 amide bonds. The number of hydrogen-bond donors (Lipinski definition) is 2. The molecule has 1 saturated carbocycles. The highest BCUT2D eigenvalue weighted by Gasteiger charge is 2.62. The number of para-hydroxylation sites is 1. The zero-order valence-corrected chi connectivity index (χ0v) is 15.8. The van der Waals surface area contributed by atoms with E-state index in [1.807, 2.05) is 51.1 Å². The van der Waals surface area contributed by atoms with Crippen LogP contribution >= 0.6 is 12.4 Å². The molecule has 1 aliphatic carbocycles. The van der Waals surface area contributed by atoms with Crippen LogP contribution in [0.2, 0.25) is 0 Å². The normalized spacial score (nSPS) is 24.4. The molecule has 2 aromatic rings. The van der Waals surface area contributed by atoms with Crippen molar-refractivity contribution in [3.05, 3.63) is 36.1 Å². The number of fused-ring (bicyclic) bond motifs is 1. The number of carbonyl (C=O) groups excluding carboxylic acids is 1.